The zero-order valence-corrected chi connectivity index (χ0v) is 12.7. The van der Waals surface area contributed by atoms with Gasteiger partial charge in [-0.05, 0) is 42.6 Å². The Bertz CT molecular complexity index is 400. The first kappa shape index (κ1) is 15.0. The maximum absolute atomic E-state index is 10.1. The van der Waals surface area contributed by atoms with Crippen molar-refractivity contribution in [2.75, 3.05) is 13.1 Å². The van der Waals surface area contributed by atoms with Crippen LogP contribution in [-0.4, -0.2) is 23.1 Å². The highest BCUT2D eigenvalue weighted by Crippen LogP contribution is 2.31. The number of phenols is 1. The van der Waals surface area contributed by atoms with Gasteiger partial charge in [0.25, 0.3) is 0 Å². The molecule has 0 aliphatic carbocycles. The van der Waals surface area contributed by atoms with E-state index < -0.39 is 0 Å². The average Bonchev–Trinajstić information content (AvgIpc) is 2.26. The number of hydrogen-bond acceptors (Lipinski definition) is 2. The van der Waals surface area contributed by atoms with Crippen LogP contribution >= 0.6 is 0 Å². The second kappa shape index (κ2) is 5.75. The number of rotatable bonds is 4. The van der Waals surface area contributed by atoms with E-state index in [2.05, 4.69) is 52.5 Å². The van der Waals surface area contributed by atoms with Crippen LogP contribution in [-0.2, 0) is 12.0 Å². The molecule has 0 atom stereocenters. The standard InChI is InChI=1S/C16H27NO/c1-7-17(8-2)11-13-10-14(16(4,5)6)12(3)9-15(13)18/h9-10,18H,7-8,11H2,1-6H3. The van der Waals surface area contributed by atoms with Gasteiger partial charge in [0.15, 0.2) is 0 Å². The number of benzene rings is 1. The van der Waals surface area contributed by atoms with Crippen molar-refractivity contribution < 1.29 is 5.11 Å². The molecule has 0 unspecified atom stereocenters. The SMILES string of the molecule is CCN(CC)Cc1cc(C(C)(C)C)c(C)cc1O. The van der Waals surface area contributed by atoms with Crippen molar-refractivity contribution in [3.8, 4) is 5.75 Å². The molecule has 102 valence electrons. The molecule has 0 aliphatic rings. The smallest absolute Gasteiger partial charge is 0.120 e. The van der Waals surface area contributed by atoms with Crippen LogP contribution in [0, 0.1) is 6.92 Å². The summed E-state index contributed by atoms with van der Waals surface area (Å²) in [7, 11) is 0. The van der Waals surface area contributed by atoms with Crippen molar-refractivity contribution in [1.29, 1.82) is 0 Å². The molecule has 2 nitrogen and oxygen atoms in total. The first-order valence-electron chi connectivity index (χ1n) is 6.84. The molecule has 1 aromatic carbocycles. The Kier molecular flexibility index (Phi) is 4.80. The van der Waals surface area contributed by atoms with Crippen LogP contribution in [0.3, 0.4) is 0 Å². The zero-order chi connectivity index (χ0) is 13.9. The summed E-state index contributed by atoms with van der Waals surface area (Å²) in [5.74, 6) is 0.424. The van der Waals surface area contributed by atoms with Crippen LogP contribution in [0.2, 0.25) is 0 Å². The zero-order valence-electron chi connectivity index (χ0n) is 12.7. The maximum Gasteiger partial charge on any atom is 0.120 e. The topological polar surface area (TPSA) is 23.5 Å². The van der Waals surface area contributed by atoms with Gasteiger partial charge >= 0.3 is 0 Å². The lowest BCUT2D eigenvalue weighted by molar-refractivity contribution is 0.290. The molecule has 0 saturated carbocycles. The van der Waals surface area contributed by atoms with Gasteiger partial charge in [-0.3, -0.25) is 4.90 Å². The first-order chi connectivity index (χ1) is 8.29. The van der Waals surface area contributed by atoms with Gasteiger partial charge in [0, 0.05) is 12.1 Å². The molecular weight excluding hydrogens is 222 g/mol. The van der Waals surface area contributed by atoms with Crippen molar-refractivity contribution in [2.45, 2.75) is 53.5 Å². The van der Waals surface area contributed by atoms with E-state index in [1.165, 1.54) is 11.1 Å². The second-order valence-electron chi connectivity index (χ2n) is 6.01. The molecule has 0 aromatic heterocycles. The molecule has 0 radical (unpaired) electrons. The fourth-order valence-electron chi connectivity index (χ4n) is 2.36. The van der Waals surface area contributed by atoms with Gasteiger partial charge in [-0.15, -0.1) is 0 Å². The molecule has 2 heteroatoms. The van der Waals surface area contributed by atoms with E-state index in [4.69, 9.17) is 0 Å². The van der Waals surface area contributed by atoms with Crippen LogP contribution in [0.1, 0.15) is 51.3 Å². The Labute approximate surface area is 112 Å². The third-order valence-electron chi connectivity index (χ3n) is 3.52. The third kappa shape index (κ3) is 3.49. The van der Waals surface area contributed by atoms with Gasteiger partial charge in [-0.25, -0.2) is 0 Å². The molecule has 1 N–H and O–H groups in total. The Hall–Kier alpha value is -1.02. The summed E-state index contributed by atoms with van der Waals surface area (Å²) in [6.45, 7) is 15.9. The average molecular weight is 249 g/mol. The normalized spacial score (nSPS) is 12.2. The minimum Gasteiger partial charge on any atom is -0.508 e. The molecular formula is C16H27NO. The summed E-state index contributed by atoms with van der Waals surface area (Å²) in [5.41, 5.74) is 3.65. The molecule has 1 rings (SSSR count). The van der Waals surface area contributed by atoms with E-state index in [0.717, 1.165) is 25.2 Å². The number of aryl methyl sites for hydroxylation is 1. The van der Waals surface area contributed by atoms with Crippen molar-refractivity contribution in [3.63, 3.8) is 0 Å². The van der Waals surface area contributed by atoms with Crippen molar-refractivity contribution in [2.24, 2.45) is 0 Å². The van der Waals surface area contributed by atoms with Crippen LogP contribution < -0.4 is 0 Å². The summed E-state index contributed by atoms with van der Waals surface area (Å²) >= 11 is 0. The quantitative estimate of drug-likeness (QED) is 0.876. The van der Waals surface area contributed by atoms with Crippen LogP contribution in [0.15, 0.2) is 12.1 Å². The van der Waals surface area contributed by atoms with E-state index in [0.29, 0.717) is 5.75 Å². The third-order valence-corrected chi connectivity index (χ3v) is 3.52. The molecule has 0 heterocycles. The summed E-state index contributed by atoms with van der Waals surface area (Å²) < 4.78 is 0. The largest absolute Gasteiger partial charge is 0.508 e. The van der Waals surface area contributed by atoms with E-state index in [1.54, 1.807) is 0 Å². The fraction of sp³-hybridized carbons (Fsp3) is 0.625. The summed E-state index contributed by atoms with van der Waals surface area (Å²) in [6.07, 6.45) is 0. The highest BCUT2D eigenvalue weighted by atomic mass is 16.3. The van der Waals surface area contributed by atoms with E-state index in [9.17, 15) is 5.11 Å². The van der Waals surface area contributed by atoms with Crippen LogP contribution in [0.4, 0.5) is 0 Å². The number of hydrogen-bond donors (Lipinski definition) is 1. The predicted octanol–water partition coefficient (Wildman–Crippen LogP) is 3.84. The second-order valence-corrected chi connectivity index (χ2v) is 6.01. The molecule has 0 fully saturated rings. The molecule has 18 heavy (non-hydrogen) atoms. The van der Waals surface area contributed by atoms with Crippen LogP contribution in [0.5, 0.6) is 5.75 Å². The van der Waals surface area contributed by atoms with E-state index in [-0.39, 0.29) is 5.41 Å². The van der Waals surface area contributed by atoms with Crippen molar-refractivity contribution in [3.05, 3.63) is 28.8 Å². The van der Waals surface area contributed by atoms with E-state index in [1.807, 2.05) is 6.07 Å². The van der Waals surface area contributed by atoms with Gasteiger partial charge in [0.1, 0.15) is 5.75 Å². The van der Waals surface area contributed by atoms with Gasteiger partial charge in [0.05, 0.1) is 0 Å². The molecule has 0 spiro atoms. The van der Waals surface area contributed by atoms with Crippen LogP contribution in [0.25, 0.3) is 0 Å². The molecule has 1 aromatic rings. The lowest BCUT2D eigenvalue weighted by Gasteiger charge is -2.25. The fourth-order valence-corrected chi connectivity index (χ4v) is 2.36. The number of phenolic OH excluding ortho intramolecular Hbond substituents is 1. The molecule has 0 bridgehead atoms. The van der Waals surface area contributed by atoms with Gasteiger partial charge < -0.3 is 5.11 Å². The van der Waals surface area contributed by atoms with Crippen molar-refractivity contribution >= 4 is 0 Å². The summed E-state index contributed by atoms with van der Waals surface area (Å²) in [6, 6.07) is 4.07. The van der Waals surface area contributed by atoms with E-state index >= 15 is 0 Å². The minimum atomic E-state index is 0.121. The van der Waals surface area contributed by atoms with Gasteiger partial charge in [-0.2, -0.15) is 0 Å². The monoisotopic (exact) mass is 249 g/mol. The lowest BCUT2D eigenvalue weighted by Crippen LogP contribution is -2.23. The highest BCUT2D eigenvalue weighted by Gasteiger charge is 2.19. The minimum absolute atomic E-state index is 0.121. The first-order valence-corrected chi connectivity index (χ1v) is 6.84. The van der Waals surface area contributed by atoms with Gasteiger partial charge in [0.2, 0.25) is 0 Å². The Morgan fingerprint density at radius 1 is 1.11 bits per heavy atom. The number of nitrogens with zero attached hydrogens (tertiary/aromatic N) is 1. The Morgan fingerprint density at radius 2 is 1.67 bits per heavy atom. The highest BCUT2D eigenvalue weighted by molar-refractivity contribution is 5.44. The Morgan fingerprint density at radius 3 is 2.11 bits per heavy atom. The maximum atomic E-state index is 10.1. The summed E-state index contributed by atoms with van der Waals surface area (Å²) in [5, 5.41) is 10.1. The lowest BCUT2D eigenvalue weighted by atomic mass is 9.83. The predicted molar refractivity (Wildman–Crippen MR) is 78.2 cm³/mol. The van der Waals surface area contributed by atoms with Crippen molar-refractivity contribution in [1.82, 2.24) is 4.90 Å². The Balaban J connectivity index is 3.13. The van der Waals surface area contributed by atoms with Gasteiger partial charge in [-0.1, -0.05) is 40.7 Å². The number of aromatic hydroxyl groups is 1. The molecule has 0 saturated heterocycles. The summed E-state index contributed by atoms with van der Waals surface area (Å²) in [4.78, 5) is 2.32. The molecule has 0 amide bonds. The molecule has 0 aliphatic heterocycles.